The van der Waals surface area contributed by atoms with Crippen LogP contribution in [0.5, 0.6) is 5.88 Å². The van der Waals surface area contributed by atoms with Crippen LogP contribution in [0.1, 0.15) is 24.2 Å². The predicted octanol–water partition coefficient (Wildman–Crippen LogP) is 2.62. The van der Waals surface area contributed by atoms with Crippen LogP contribution in [0, 0.1) is 19.8 Å². The zero-order valence-corrected chi connectivity index (χ0v) is 17.1. The van der Waals surface area contributed by atoms with Crippen LogP contribution in [0.2, 0.25) is 0 Å². The number of hydrogen-bond acceptors (Lipinski definition) is 7. The number of rotatable bonds is 5. The molecule has 0 atom stereocenters. The summed E-state index contributed by atoms with van der Waals surface area (Å²) in [7, 11) is 0. The van der Waals surface area contributed by atoms with Crippen LogP contribution in [-0.2, 0) is 0 Å². The van der Waals surface area contributed by atoms with Crippen molar-refractivity contribution < 1.29 is 4.74 Å². The fraction of sp³-hybridized carbons (Fsp3) is 0.381. The van der Waals surface area contributed by atoms with Gasteiger partial charge in [0.2, 0.25) is 5.88 Å². The van der Waals surface area contributed by atoms with Crippen LogP contribution < -0.4 is 9.64 Å². The molecule has 0 aromatic carbocycles. The van der Waals surface area contributed by atoms with Gasteiger partial charge in [-0.15, -0.1) is 0 Å². The SMILES string of the molecule is Cc1cc(C)n(-c2cc(OCC3CCN(c4nccn5nccc45)CC3)ncn2)n1. The highest BCUT2D eigenvalue weighted by molar-refractivity contribution is 5.68. The normalized spacial score (nSPS) is 15.1. The van der Waals surface area contributed by atoms with Gasteiger partial charge in [-0.3, -0.25) is 0 Å². The second-order valence-electron chi connectivity index (χ2n) is 7.71. The Kier molecular flexibility index (Phi) is 4.78. The van der Waals surface area contributed by atoms with Crippen LogP contribution in [-0.4, -0.2) is 54.0 Å². The standard InChI is InChI=1S/C21H24N8O/c1-15-11-16(2)29(26-15)19-12-20(24-14-23-19)30-13-17-4-8-27(9-5-17)21-18-3-6-25-28(18)10-7-22-21/h3,6-7,10-12,14,17H,4-5,8-9,13H2,1-2H3. The first-order chi connectivity index (χ1) is 14.7. The smallest absolute Gasteiger partial charge is 0.218 e. The van der Waals surface area contributed by atoms with Crippen molar-refractivity contribution in [3.05, 3.63) is 54.5 Å². The van der Waals surface area contributed by atoms with E-state index in [-0.39, 0.29) is 0 Å². The number of piperidine rings is 1. The molecule has 1 saturated heterocycles. The van der Waals surface area contributed by atoms with Gasteiger partial charge in [-0.25, -0.2) is 24.1 Å². The second-order valence-corrected chi connectivity index (χ2v) is 7.71. The van der Waals surface area contributed by atoms with E-state index < -0.39 is 0 Å². The first-order valence-electron chi connectivity index (χ1n) is 10.2. The summed E-state index contributed by atoms with van der Waals surface area (Å²) in [5.41, 5.74) is 3.04. The van der Waals surface area contributed by atoms with Gasteiger partial charge in [0.15, 0.2) is 11.6 Å². The molecule has 4 aromatic rings. The molecule has 0 saturated carbocycles. The lowest BCUT2D eigenvalue weighted by molar-refractivity contribution is 0.215. The van der Waals surface area contributed by atoms with E-state index in [0.29, 0.717) is 18.4 Å². The summed E-state index contributed by atoms with van der Waals surface area (Å²) >= 11 is 0. The number of aryl methyl sites for hydroxylation is 2. The van der Waals surface area contributed by atoms with Crippen LogP contribution in [0.25, 0.3) is 11.3 Å². The molecule has 1 aliphatic rings. The van der Waals surface area contributed by atoms with Gasteiger partial charge in [0.1, 0.15) is 11.8 Å². The molecule has 9 nitrogen and oxygen atoms in total. The van der Waals surface area contributed by atoms with Crippen LogP contribution >= 0.6 is 0 Å². The molecule has 30 heavy (non-hydrogen) atoms. The average molecular weight is 404 g/mol. The molecule has 0 bridgehead atoms. The maximum absolute atomic E-state index is 6.01. The minimum absolute atomic E-state index is 0.484. The Hall–Kier alpha value is -3.49. The number of anilines is 1. The van der Waals surface area contributed by atoms with Crippen molar-refractivity contribution in [2.24, 2.45) is 5.92 Å². The van der Waals surface area contributed by atoms with Gasteiger partial charge in [-0.05, 0) is 44.7 Å². The molecule has 1 aliphatic heterocycles. The van der Waals surface area contributed by atoms with Crippen LogP contribution in [0.3, 0.4) is 0 Å². The van der Waals surface area contributed by atoms with Gasteiger partial charge in [0, 0.05) is 37.2 Å². The highest BCUT2D eigenvalue weighted by atomic mass is 16.5. The monoisotopic (exact) mass is 404 g/mol. The Morgan fingerprint density at radius 1 is 1.07 bits per heavy atom. The number of fused-ring (bicyclic) bond motifs is 1. The first-order valence-corrected chi connectivity index (χ1v) is 10.2. The van der Waals surface area contributed by atoms with Crippen molar-refractivity contribution in [3.8, 4) is 11.7 Å². The zero-order valence-electron chi connectivity index (χ0n) is 17.1. The summed E-state index contributed by atoms with van der Waals surface area (Å²) in [4.78, 5) is 15.5. The lowest BCUT2D eigenvalue weighted by Crippen LogP contribution is -2.36. The summed E-state index contributed by atoms with van der Waals surface area (Å²) in [5.74, 6) is 2.79. The summed E-state index contributed by atoms with van der Waals surface area (Å²) in [6.45, 7) is 6.53. The van der Waals surface area contributed by atoms with E-state index in [9.17, 15) is 0 Å². The van der Waals surface area contributed by atoms with Gasteiger partial charge in [0.25, 0.3) is 0 Å². The predicted molar refractivity (Wildman–Crippen MR) is 112 cm³/mol. The van der Waals surface area contributed by atoms with Gasteiger partial charge < -0.3 is 9.64 Å². The van der Waals surface area contributed by atoms with E-state index in [1.54, 1.807) is 6.20 Å². The van der Waals surface area contributed by atoms with Gasteiger partial charge >= 0.3 is 0 Å². The molecular formula is C21H24N8O. The Balaban J connectivity index is 1.20. The Morgan fingerprint density at radius 2 is 1.93 bits per heavy atom. The molecule has 0 aliphatic carbocycles. The molecular weight excluding hydrogens is 380 g/mol. The summed E-state index contributed by atoms with van der Waals surface area (Å²) < 4.78 is 9.69. The van der Waals surface area contributed by atoms with E-state index in [1.165, 1.54) is 6.33 Å². The third-order valence-corrected chi connectivity index (χ3v) is 5.54. The quantitative estimate of drug-likeness (QED) is 0.505. The van der Waals surface area contributed by atoms with Gasteiger partial charge in [-0.1, -0.05) is 0 Å². The van der Waals surface area contributed by atoms with Crippen molar-refractivity contribution in [2.45, 2.75) is 26.7 Å². The Bertz CT molecular complexity index is 1160. The van der Waals surface area contributed by atoms with Crippen molar-refractivity contribution in [2.75, 3.05) is 24.6 Å². The fourth-order valence-electron chi connectivity index (χ4n) is 3.99. The summed E-state index contributed by atoms with van der Waals surface area (Å²) in [6.07, 6.45) is 9.12. The largest absolute Gasteiger partial charge is 0.477 e. The Morgan fingerprint density at radius 3 is 2.73 bits per heavy atom. The van der Waals surface area contributed by atoms with Crippen LogP contribution in [0.4, 0.5) is 5.82 Å². The molecule has 0 amide bonds. The van der Waals surface area contributed by atoms with E-state index in [0.717, 1.165) is 54.5 Å². The number of hydrogen-bond donors (Lipinski definition) is 0. The highest BCUT2D eigenvalue weighted by Gasteiger charge is 2.22. The van der Waals surface area contributed by atoms with Crippen molar-refractivity contribution >= 4 is 11.3 Å². The molecule has 5 heterocycles. The van der Waals surface area contributed by atoms with Gasteiger partial charge in [0.05, 0.1) is 18.5 Å². The fourth-order valence-corrected chi connectivity index (χ4v) is 3.99. The third-order valence-electron chi connectivity index (χ3n) is 5.54. The van der Waals surface area contributed by atoms with Crippen molar-refractivity contribution in [1.82, 2.24) is 34.3 Å². The Labute approximate surface area is 174 Å². The van der Waals surface area contributed by atoms with Crippen molar-refractivity contribution in [1.29, 1.82) is 0 Å². The lowest BCUT2D eigenvalue weighted by atomic mass is 9.98. The number of aromatic nitrogens is 7. The van der Waals surface area contributed by atoms with Crippen LogP contribution in [0.15, 0.2) is 43.1 Å². The molecule has 5 rings (SSSR count). The maximum atomic E-state index is 6.01. The molecule has 0 spiro atoms. The number of ether oxygens (including phenoxy) is 1. The van der Waals surface area contributed by atoms with E-state index in [2.05, 4.69) is 30.0 Å². The van der Waals surface area contributed by atoms with E-state index >= 15 is 0 Å². The summed E-state index contributed by atoms with van der Waals surface area (Å²) in [6, 6.07) is 5.88. The molecule has 0 N–H and O–H groups in total. The maximum Gasteiger partial charge on any atom is 0.218 e. The van der Waals surface area contributed by atoms with Gasteiger partial charge in [-0.2, -0.15) is 10.2 Å². The highest BCUT2D eigenvalue weighted by Crippen LogP contribution is 2.25. The molecule has 154 valence electrons. The molecule has 0 unspecified atom stereocenters. The minimum Gasteiger partial charge on any atom is -0.477 e. The second kappa shape index (κ2) is 7.74. The molecule has 9 heteroatoms. The zero-order chi connectivity index (χ0) is 20.5. The molecule has 4 aromatic heterocycles. The van der Waals surface area contributed by atoms with E-state index in [4.69, 9.17) is 4.74 Å². The summed E-state index contributed by atoms with van der Waals surface area (Å²) in [5, 5.41) is 8.78. The minimum atomic E-state index is 0.484. The third kappa shape index (κ3) is 3.58. The first kappa shape index (κ1) is 18.5. The molecule has 1 fully saturated rings. The lowest BCUT2D eigenvalue weighted by Gasteiger charge is -2.32. The van der Waals surface area contributed by atoms with Crippen molar-refractivity contribution in [3.63, 3.8) is 0 Å². The number of nitrogens with zero attached hydrogens (tertiary/aromatic N) is 8. The van der Waals surface area contributed by atoms with E-state index in [1.807, 2.05) is 53.6 Å². The molecule has 0 radical (unpaired) electrons. The topological polar surface area (TPSA) is 86.3 Å². The average Bonchev–Trinajstić information content (AvgIpc) is 3.38.